The molecule has 0 saturated carbocycles. The van der Waals surface area contributed by atoms with Gasteiger partial charge in [0.25, 0.3) is 0 Å². The number of β-amino-alcohol motifs (C(OH)–C–C–N with tert-alkyl or cyclic N) is 1. The Bertz CT molecular complexity index is 632. The highest BCUT2D eigenvalue weighted by molar-refractivity contribution is 5.82. The number of nitrogens with zero attached hydrogens (tertiary/aromatic N) is 2. The minimum absolute atomic E-state index is 0.207. The lowest BCUT2D eigenvalue weighted by Crippen LogP contribution is -2.45. The monoisotopic (exact) mass is 299 g/mol. The maximum Gasteiger partial charge on any atom is 0.0834 e. The van der Waals surface area contributed by atoms with Crippen molar-refractivity contribution in [3.63, 3.8) is 0 Å². The molecule has 1 aromatic heterocycles. The first-order valence-corrected chi connectivity index (χ1v) is 8.51. The third kappa shape index (κ3) is 2.67. The number of H-pyrrole nitrogens is 1. The van der Waals surface area contributed by atoms with Crippen LogP contribution in [0, 0.1) is 0 Å². The first-order valence-electron chi connectivity index (χ1n) is 8.51. The smallest absolute Gasteiger partial charge is 0.0834 e. The average molecular weight is 299 g/mol. The van der Waals surface area contributed by atoms with Crippen LogP contribution in [0.2, 0.25) is 0 Å². The molecule has 0 unspecified atom stereocenters. The van der Waals surface area contributed by atoms with E-state index in [2.05, 4.69) is 39.0 Å². The summed E-state index contributed by atoms with van der Waals surface area (Å²) in [6, 6.07) is 8.90. The Morgan fingerprint density at radius 3 is 2.82 bits per heavy atom. The predicted octanol–water partition coefficient (Wildman–Crippen LogP) is 2.20. The Balaban J connectivity index is 1.47. The zero-order valence-electron chi connectivity index (χ0n) is 13.0. The molecule has 2 N–H and O–H groups in total. The summed E-state index contributed by atoms with van der Waals surface area (Å²) in [5, 5.41) is 11.7. The van der Waals surface area contributed by atoms with E-state index in [0.717, 1.165) is 32.7 Å². The van der Waals surface area contributed by atoms with Crippen LogP contribution in [-0.4, -0.2) is 58.2 Å². The van der Waals surface area contributed by atoms with Crippen molar-refractivity contribution in [3.05, 3.63) is 36.0 Å². The van der Waals surface area contributed by atoms with Gasteiger partial charge in [0.2, 0.25) is 0 Å². The first kappa shape index (κ1) is 14.2. The van der Waals surface area contributed by atoms with Gasteiger partial charge in [0, 0.05) is 37.4 Å². The predicted molar refractivity (Wildman–Crippen MR) is 88.8 cm³/mol. The van der Waals surface area contributed by atoms with Crippen LogP contribution >= 0.6 is 0 Å². The summed E-state index contributed by atoms with van der Waals surface area (Å²) in [4.78, 5) is 8.25. The normalized spacial score (nSPS) is 27.7. The Kier molecular flexibility index (Phi) is 3.90. The molecule has 0 radical (unpaired) electrons. The number of fused-ring (bicyclic) bond motifs is 1. The molecule has 2 saturated heterocycles. The Labute approximate surface area is 131 Å². The summed E-state index contributed by atoms with van der Waals surface area (Å²) in [6.45, 7) is 5.00. The number of rotatable bonds is 3. The lowest BCUT2D eigenvalue weighted by Gasteiger charge is -2.33. The molecule has 2 atom stereocenters. The molecule has 4 rings (SSSR count). The fraction of sp³-hybridized carbons (Fsp3) is 0.556. The van der Waals surface area contributed by atoms with E-state index in [-0.39, 0.29) is 6.10 Å². The summed E-state index contributed by atoms with van der Waals surface area (Å²) in [5.74, 6) is 0. The van der Waals surface area contributed by atoms with E-state index < -0.39 is 0 Å². The van der Waals surface area contributed by atoms with Crippen molar-refractivity contribution in [2.75, 3.05) is 26.2 Å². The van der Waals surface area contributed by atoms with E-state index in [0.29, 0.717) is 6.04 Å². The third-order valence-electron chi connectivity index (χ3n) is 5.26. The summed E-state index contributed by atoms with van der Waals surface area (Å²) in [7, 11) is 0. The van der Waals surface area contributed by atoms with E-state index in [1.807, 2.05) is 6.20 Å². The highest BCUT2D eigenvalue weighted by Gasteiger charge is 2.35. The number of likely N-dealkylation sites (tertiary alicyclic amines) is 2. The van der Waals surface area contributed by atoms with Gasteiger partial charge in [-0.25, -0.2) is 0 Å². The highest BCUT2D eigenvalue weighted by atomic mass is 16.3. The number of aromatic nitrogens is 1. The van der Waals surface area contributed by atoms with E-state index in [1.54, 1.807) is 0 Å². The van der Waals surface area contributed by atoms with Gasteiger partial charge in [-0.2, -0.15) is 0 Å². The Hall–Kier alpha value is -1.36. The van der Waals surface area contributed by atoms with Crippen molar-refractivity contribution in [1.29, 1.82) is 0 Å². The second-order valence-corrected chi connectivity index (χ2v) is 6.78. The molecule has 0 amide bonds. The summed E-state index contributed by atoms with van der Waals surface area (Å²) in [6.07, 6.45) is 5.71. The van der Waals surface area contributed by atoms with E-state index >= 15 is 0 Å². The van der Waals surface area contributed by atoms with Gasteiger partial charge in [-0.05, 0) is 42.9 Å². The van der Waals surface area contributed by atoms with Gasteiger partial charge >= 0.3 is 0 Å². The van der Waals surface area contributed by atoms with E-state index in [1.165, 1.54) is 35.7 Å². The fourth-order valence-electron chi connectivity index (χ4n) is 4.11. The van der Waals surface area contributed by atoms with Crippen molar-refractivity contribution in [2.24, 2.45) is 0 Å². The van der Waals surface area contributed by atoms with Crippen LogP contribution in [0.3, 0.4) is 0 Å². The molecule has 2 aliphatic rings. The number of aliphatic hydroxyl groups is 1. The molecule has 0 aliphatic carbocycles. The lowest BCUT2D eigenvalue weighted by molar-refractivity contribution is 0.0706. The minimum atomic E-state index is -0.207. The number of hydrogen-bond donors (Lipinski definition) is 2. The third-order valence-corrected chi connectivity index (χ3v) is 5.26. The molecule has 4 heteroatoms. The molecule has 2 aliphatic heterocycles. The zero-order valence-corrected chi connectivity index (χ0v) is 13.0. The lowest BCUT2D eigenvalue weighted by atomic mass is 10.1. The number of hydrogen-bond acceptors (Lipinski definition) is 3. The largest absolute Gasteiger partial charge is 0.390 e. The zero-order chi connectivity index (χ0) is 14.9. The van der Waals surface area contributed by atoms with Crippen molar-refractivity contribution in [3.8, 4) is 0 Å². The molecule has 3 heterocycles. The van der Waals surface area contributed by atoms with Crippen LogP contribution in [0.25, 0.3) is 10.9 Å². The molecule has 22 heavy (non-hydrogen) atoms. The highest BCUT2D eigenvalue weighted by Crippen LogP contribution is 2.24. The molecule has 0 bridgehead atoms. The number of benzene rings is 1. The van der Waals surface area contributed by atoms with Crippen LogP contribution in [0.1, 0.15) is 24.8 Å². The number of piperidine rings is 1. The summed E-state index contributed by atoms with van der Waals surface area (Å²) in [5.41, 5.74) is 2.56. The van der Waals surface area contributed by atoms with Gasteiger partial charge < -0.3 is 10.1 Å². The van der Waals surface area contributed by atoms with Gasteiger partial charge in [0.15, 0.2) is 0 Å². The maximum atomic E-state index is 10.5. The minimum Gasteiger partial charge on any atom is -0.390 e. The topological polar surface area (TPSA) is 42.5 Å². The SMILES string of the molecule is O[C@H]1CN(Cc2cccc3cc[nH]c23)C[C@@H]1N1CCCCC1. The summed E-state index contributed by atoms with van der Waals surface area (Å²) >= 11 is 0. The van der Waals surface area contributed by atoms with E-state index in [4.69, 9.17) is 0 Å². The molecule has 2 aromatic rings. The first-order chi connectivity index (χ1) is 10.8. The van der Waals surface area contributed by atoms with Gasteiger partial charge in [0.05, 0.1) is 6.10 Å². The molecule has 0 spiro atoms. The number of aromatic amines is 1. The second kappa shape index (κ2) is 6.03. The van der Waals surface area contributed by atoms with Crippen molar-refractivity contribution < 1.29 is 5.11 Å². The summed E-state index contributed by atoms with van der Waals surface area (Å²) < 4.78 is 0. The number of aliphatic hydroxyl groups excluding tert-OH is 1. The van der Waals surface area contributed by atoms with Gasteiger partial charge in [-0.15, -0.1) is 0 Å². The van der Waals surface area contributed by atoms with Gasteiger partial charge in [-0.1, -0.05) is 24.6 Å². The van der Waals surface area contributed by atoms with Crippen LogP contribution in [0.5, 0.6) is 0 Å². The molecule has 4 nitrogen and oxygen atoms in total. The molecule has 1 aromatic carbocycles. The van der Waals surface area contributed by atoms with Crippen LogP contribution in [0.15, 0.2) is 30.5 Å². The quantitative estimate of drug-likeness (QED) is 0.913. The Morgan fingerprint density at radius 2 is 1.95 bits per heavy atom. The molecule has 2 fully saturated rings. The number of nitrogens with one attached hydrogen (secondary N) is 1. The molecular weight excluding hydrogens is 274 g/mol. The van der Waals surface area contributed by atoms with Crippen molar-refractivity contribution in [2.45, 2.75) is 38.0 Å². The fourth-order valence-corrected chi connectivity index (χ4v) is 4.11. The van der Waals surface area contributed by atoms with Gasteiger partial charge in [0.1, 0.15) is 0 Å². The maximum absolute atomic E-state index is 10.5. The second-order valence-electron chi connectivity index (χ2n) is 6.78. The molecule has 118 valence electrons. The van der Waals surface area contributed by atoms with Crippen molar-refractivity contribution >= 4 is 10.9 Å². The standard InChI is InChI=1S/C18H25N3O/c22-17-13-20(12-16(17)21-9-2-1-3-10-21)11-15-6-4-5-14-7-8-19-18(14)15/h4-8,16-17,19,22H,1-3,9-13H2/t16-,17-/m0/s1. The number of para-hydroxylation sites is 1. The van der Waals surface area contributed by atoms with Crippen LogP contribution in [-0.2, 0) is 6.54 Å². The van der Waals surface area contributed by atoms with E-state index in [9.17, 15) is 5.11 Å². The van der Waals surface area contributed by atoms with Gasteiger partial charge in [-0.3, -0.25) is 9.80 Å². The average Bonchev–Trinajstić information content (AvgIpc) is 3.15. The van der Waals surface area contributed by atoms with Crippen molar-refractivity contribution in [1.82, 2.24) is 14.8 Å². The van der Waals surface area contributed by atoms with Crippen LogP contribution < -0.4 is 0 Å². The van der Waals surface area contributed by atoms with Crippen LogP contribution in [0.4, 0.5) is 0 Å². The molecular formula is C18H25N3O. The Morgan fingerprint density at radius 1 is 1.09 bits per heavy atom.